The molecule has 1 aliphatic carbocycles. The Hall–Kier alpha value is -3.67. The number of carbonyl (C=O) groups is 3. The quantitative estimate of drug-likeness (QED) is 0.250. The van der Waals surface area contributed by atoms with Crippen LogP contribution in [0.25, 0.3) is 0 Å². The van der Waals surface area contributed by atoms with Crippen LogP contribution in [0, 0.1) is 11.3 Å². The molecule has 2 amide bonds. The topological polar surface area (TPSA) is 109 Å². The number of pyridine rings is 1. The number of carboxylic acid groups (broad SMARTS) is 1. The molecule has 3 fully saturated rings. The van der Waals surface area contributed by atoms with Crippen molar-refractivity contribution in [2.75, 3.05) is 33.4 Å². The second-order valence-corrected chi connectivity index (χ2v) is 13.4. The Kier molecular flexibility index (Phi) is 11.0. The van der Waals surface area contributed by atoms with E-state index in [0.717, 1.165) is 18.1 Å². The molecule has 1 aromatic heterocycles. The molecule has 5 rings (SSSR count). The van der Waals surface area contributed by atoms with Crippen LogP contribution >= 0.6 is 0 Å². The molecular weight excluding hydrogens is 627 g/mol. The van der Waals surface area contributed by atoms with Gasteiger partial charge in [0.25, 0.3) is 5.91 Å². The third kappa shape index (κ3) is 7.18. The van der Waals surface area contributed by atoms with Gasteiger partial charge in [-0.1, -0.05) is 38.0 Å². The van der Waals surface area contributed by atoms with Crippen LogP contribution in [0.5, 0.6) is 5.75 Å². The Morgan fingerprint density at radius 2 is 1.75 bits per heavy atom. The number of ether oxygens (including phenoxy) is 2. The Morgan fingerprint density at radius 3 is 2.38 bits per heavy atom. The van der Waals surface area contributed by atoms with E-state index >= 15 is 0 Å². The minimum Gasteiger partial charge on any atom is -0.493 e. The fourth-order valence-electron chi connectivity index (χ4n) is 7.83. The zero-order chi connectivity index (χ0) is 34.5. The maximum Gasteiger partial charge on any atom is 0.418 e. The van der Waals surface area contributed by atoms with E-state index in [-0.39, 0.29) is 12.5 Å². The molecule has 2 aromatic rings. The minimum atomic E-state index is -4.73. The van der Waals surface area contributed by atoms with Crippen molar-refractivity contribution in [2.24, 2.45) is 11.3 Å². The van der Waals surface area contributed by atoms with E-state index in [1.807, 2.05) is 31.2 Å². The first-order chi connectivity index (χ1) is 23.0. The van der Waals surface area contributed by atoms with Crippen LogP contribution in [0.4, 0.5) is 13.2 Å². The molecular formula is C36H46F3N3O6. The Morgan fingerprint density at radius 1 is 1.02 bits per heavy atom. The Balaban J connectivity index is 1.26. The summed E-state index contributed by atoms with van der Waals surface area (Å²) in [6.45, 7) is 3.40. The van der Waals surface area contributed by atoms with Crippen molar-refractivity contribution in [3.63, 3.8) is 0 Å². The summed E-state index contributed by atoms with van der Waals surface area (Å²) < 4.78 is 53.6. The molecule has 0 bridgehead atoms. The number of nitrogens with zero attached hydrogens (tertiary/aromatic N) is 3. The van der Waals surface area contributed by atoms with Gasteiger partial charge in [0.2, 0.25) is 5.91 Å². The average Bonchev–Trinajstić information content (AvgIpc) is 3.07. The molecule has 262 valence electrons. The van der Waals surface area contributed by atoms with Gasteiger partial charge in [0.1, 0.15) is 11.4 Å². The number of carboxylic acids is 1. The molecule has 2 saturated heterocycles. The summed E-state index contributed by atoms with van der Waals surface area (Å²) in [5.41, 5.74) is -2.15. The predicted octanol–water partition coefficient (Wildman–Crippen LogP) is 6.70. The zero-order valence-corrected chi connectivity index (χ0v) is 27.8. The molecule has 12 heteroatoms. The van der Waals surface area contributed by atoms with E-state index in [1.165, 1.54) is 17.2 Å². The third-order valence-corrected chi connectivity index (χ3v) is 10.7. The highest BCUT2D eigenvalue weighted by atomic mass is 19.4. The van der Waals surface area contributed by atoms with Crippen molar-refractivity contribution >= 4 is 17.8 Å². The van der Waals surface area contributed by atoms with Crippen LogP contribution in [0.2, 0.25) is 0 Å². The number of alkyl halides is 3. The van der Waals surface area contributed by atoms with Gasteiger partial charge in [0.05, 0.1) is 29.1 Å². The van der Waals surface area contributed by atoms with Crippen molar-refractivity contribution in [3.05, 3.63) is 59.4 Å². The number of carbonyl (C=O) groups excluding carboxylic acids is 2. The standard InChI is InChI=1S/C36H46F3N3O6/c1-3-10-28-25(11-7-21-42(28)32(44)30-27(36(37,38)39)13-6-20-40-30)31(43)41-22-18-35(47-2,19-23-41)26-12-4-5-14-29(26)48-24-9-17-34(33(45)46)15-8-16-34/h4-6,12-14,20,25,28H,3,7-11,15-19,21-24H2,1-2H3,(H,45,46). The van der Waals surface area contributed by atoms with Crippen molar-refractivity contribution in [3.8, 4) is 5.75 Å². The highest BCUT2D eigenvalue weighted by Crippen LogP contribution is 2.46. The van der Waals surface area contributed by atoms with Crippen LogP contribution in [0.15, 0.2) is 42.6 Å². The number of rotatable bonds is 12. The smallest absolute Gasteiger partial charge is 0.418 e. The molecule has 48 heavy (non-hydrogen) atoms. The van der Waals surface area contributed by atoms with E-state index in [9.17, 15) is 32.7 Å². The number of aliphatic carboxylic acids is 1. The number of para-hydroxylation sites is 1. The summed E-state index contributed by atoms with van der Waals surface area (Å²) in [6.07, 6.45) is 3.24. The van der Waals surface area contributed by atoms with Gasteiger partial charge in [-0.05, 0) is 76.0 Å². The minimum absolute atomic E-state index is 0.0967. The lowest BCUT2D eigenvalue weighted by molar-refractivity contribution is -0.155. The number of likely N-dealkylation sites (tertiary alicyclic amines) is 2. The number of amides is 2. The molecule has 1 aromatic carbocycles. The molecule has 2 atom stereocenters. The SMILES string of the molecule is CCCC1C(C(=O)N2CCC(OC)(c3ccccc3OCCCC3(C(=O)O)CCC3)CC2)CCCN1C(=O)c1ncccc1C(F)(F)F. The van der Waals surface area contributed by atoms with Crippen molar-refractivity contribution < 1.29 is 42.1 Å². The van der Waals surface area contributed by atoms with Crippen molar-refractivity contribution in [1.29, 1.82) is 0 Å². The molecule has 2 aliphatic heterocycles. The molecule has 3 heterocycles. The first kappa shape index (κ1) is 35.6. The highest BCUT2D eigenvalue weighted by molar-refractivity contribution is 5.95. The molecule has 1 N–H and O–H groups in total. The number of piperidine rings is 2. The number of methoxy groups -OCH3 is 1. The fourth-order valence-corrected chi connectivity index (χ4v) is 7.83. The van der Waals surface area contributed by atoms with E-state index in [2.05, 4.69) is 4.98 Å². The molecule has 1 saturated carbocycles. The van der Waals surface area contributed by atoms with E-state index < -0.39 is 52.3 Å². The second kappa shape index (κ2) is 14.8. The summed E-state index contributed by atoms with van der Waals surface area (Å²) in [5, 5.41) is 9.64. The fraction of sp³-hybridized carbons (Fsp3) is 0.611. The van der Waals surface area contributed by atoms with Gasteiger partial charge >= 0.3 is 12.1 Å². The number of aromatic nitrogens is 1. The van der Waals surface area contributed by atoms with Gasteiger partial charge in [0.15, 0.2) is 0 Å². The predicted molar refractivity (Wildman–Crippen MR) is 171 cm³/mol. The number of hydrogen-bond donors (Lipinski definition) is 1. The molecule has 0 spiro atoms. The first-order valence-electron chi connectivity index (χ1n) is 17.1. The lowest BCUT2D eigenvalue weighted by Gasteiger charge is -2.45. The summed E-state index contributed by atoms with van der Waals surface area (Å²) in [4.78, 5) is 46.5. The van der Waals surface area contributed by atoms with Gasteiger partial charge in [-0.25, -0.2) is 0 Å². The van der Waals surface area contributed by atoms with Crippen LogP contribution in [0.3, 0.4) is 0 Å². The van der Waals surface area contributed by atoms with Crippen molar-refractivity contribution in [1.82, 2.24) is 14.8 Å². The molecule has 0 radical (unpaired) electrons. The molecule has 2 unspecified atom stereocenters. The maximum absolute atomic E-state index is 14.1. The number of benzene rings is 1. The summed E-state index contributed by atoms with van der Waals surface area (Å²) in [7, 11) is 1.65. The van der Waals surface area contributed by atoms with Gasteiger partial charge < -0.3 is 24.4 Å². The normalized spacial score (nSPS) is 22.1. The van der Waals surface area contributed by atoms with E-state index in [0.29, 0.717) is 89.7 Å². The van der Waals surface area contributed by atoms with Crippen LogP contribution in [0.1, 0.15) is 99.2 Å². The highest BCUT2D eigenvalue weighted by Gasteiger charge is 2.46. The van der Waals surface area contributed by atoms with Crippen LogP contribution < -0.4 is 4.74 Å². The largest absolute Gasteiger partial charge is 0.493 e. The van der Waals surface area contributed by atoms with Gasteiger partial charge in [-0.15, -0.1) is 0 Å². The lowest BCUT2D eigenvalue weighted by Crippen LogP contribution is -2.55. The summed E-state index contributed by atoms with van der Waals surface area (Å²) in [6, 6.07) is 9.16. The Bertz CT molecular complexity index is 1450. The lowest BCUT2D eigenvalue weighted by atomic mass is 9.66. The third-order valence-electron chi connectivity index (χ3n) is 10.7. The van der Waals surface area contributed by atoms with Gasteiger partial charge in [-0.3, -0.25) is 19.4 Å². The van der Waals surface area contributed by atoms with E-state index in [1.54, 1.807) is 12.0 Å². The van der Waals surface area contributed by atoms with Gasteiger partial charge in [0, 0.05) is 44.5 Å². The van der Waals surface area contributed by atoms with Crippen LogP contribution in [-0.4, -0.2) is 77.1 Å². The number of hydrogen-bond acceptors (Lipinski definition) is 6. The second-order valence-electron chi connectivity index (χ2n) is 13.4. The van der Waals surface area contributed by atoms with Crippen molar-refractivity contribution in [2.45, 2.75) is 95.4 Å². The summed E-state index contributed by atoms with van der Waals surface area (Å²) >= 11 is 0. The first-order valence-corrected chi connectivity index (χ1v) is 17.1. The molecule has 3 aliphatic rings. The van der Waals surface area contributed by atoms with Gasteiger partial charge in [-0.2, -0.15) is 13.2 Å². The number of halogens is 3. The zero-order valence-electron chi connectivity index (χ0n) is 27.8. The van der Waals surface area contributed by atoms with E-state index in [4.69, 9.17) is 9.47 Å². The average molecular weight is 674 g/mol. The summed E-state index contributed by atoms with van der Waals surface area (Å²) in [5.74, 6) is -1.48. The maximum atomic E-state index is 14.1. The molecule has 9 nitrogen and oxygen atoms in total. The monoisotopic (exact) mass is 673 g/mol. The van der Waals surface area contributed by atoms with Crippen LogP contribution in [-0.2, 0) is 26.1 Å². The Labute approximate surface area is 279 Å².